The number of hydrogen-bond donors (Lipinski definition) is 3. The molecule has 2 amide bonds. The maximum Gasteiger partial charge on any atom is 0.249 e. The number of nitrogens with two attached hydrogens (primary N) is 2. The van der Waals surface area contributed by atoms with E-state index in [2.05, 4.69) is 5.32 Å². The zero-order chi connectivity index (χ0) is 12.0. The van der Waals surface area contributed by atoms with Crippen LogP contribution in [0.3, 0.4) is 0 Å². The molecule has 0 aliphatic heterocycles. The van der Waals surface area contributed by atoms with E-state index in [0.29, 0.717) is 18.7 Å². The van der Waals surface area contributed by atoms with Gasteiger partial charge in [0.15, 0.2) is 0 Å². The summed E-state index contributed by atoms with van der Waals surface area (Å²) in [5.41, 5.74) is 11.5. The summed E-state index contributed by atoms with van der Waals surface area (Å²) in [5, 5.41) is 3.02. The Morgan fingerprint density at radius 1 is 1.19 bits per heavy atom. The molecule has 5 nitrogen and oxygen atoms in total. The van der Waals surface area contributed by atoms with Gasteiger partial charge in [-0.2, -0.15) is 0 Å². The van der Waals surface area contributed by atoms with Crippen molar-refractivity contribution in [3.05, 3.63) is 35.4 Å². The van der Waals surface area contributed by atoms with Crippen molar-refractivity contribution < 1.29 is 9.59 Å². The SMILES string of the molecule is NC(=O)CCNCc1ccccc1C(N)=O. The van der Waals surface area contributed by atoms with E-state index < -0.39 is 5.91 Å². The number of carbonyl (C=O) groups excluding carboxylic acids is 2. The van der Waals surface area contributed by atoms with Gasteiger partial charge in [-0.1, -0.05) is 18.2 Å². The third kappa shape index (κ3) is 3.70. The molecular weight excluding hydrogens is 206 g/mol. The molecular formula is C11H15N3O2. The van der Waals surface area contributed by atoms with Gasteiger partial charge >= 0.3 is 0 Å². The van der Waals surface area contributed by atoms with Crippen LogP contribution in [-0.4, -0.2) is 18.4 Å². The predicted molar refractivity (Wildman–Crippen MR) is 60.5 cm³/mol. The van der Waals surface area contributed by atoms with Gasteiger partial charge < -0.3 is 16.8 Å². The monoisotopic (exact) mass is 221 g/mol. The Bertz CT molecular complexity index is 391. The molecule has 1 aromatic carbocycles. The fourth-order valence-electron chi connectivity index (χ4n) is 1.35. The van der Waals surface area contributed by atoms with Crippen molar-refractivity contribution in [2.24, 2.45) is 11.5 Å². The minimum atomic E-state index is -0.452. The number of rotatable bonds is 6. The number of amides is 2. The van der Waals surface area contributed by atoms with Gasteiger partial charge in [-0.05, 0) is 11.6 Å². The normalized spacial score (nSPS) is 10.0. The van der Waals surface area contributed by atoms with Crippen molar-refractivity contribution in [3.8, 4) is 0 Å². The summed E-state index contributed by atoms with van der Waals surface area (Å²) in [6, 6.07) is 7.08. The Labute approximate surface area is 93.8 Å². The Morgan fingerprint density at radius 3 is 2.50 bits per heavy atom. The van der Waals surface area contributed by atoms with Crippen LogP contribution in [-0.2, 0) is 11.3 Å². The molecule has 1 rings (SSSR count). The molecule has 16 heavy (non-hydrogen) atoms. The first-order chi connectivity index (χ1) is 7.61. The third-order valence-corrected chi connectivity index (χ3v) is 2.15. The quantitative estimate of drug-likeness (QED) is 0.578. The first kappa shape index (κ1) is 12.2. The number of primary amides is 2. The van der Waals surface area contributed by atoms with Gasteiger partial charge in [-0.25, -0.2) is 0 Å². The van der Waals surface area contributed by atoms with Crippen LogP contribution in [0.5, 0.6) is 0 Å². The maximum atomic E-state index is 11.1. The lowest BCUT2D eigenvalue weighted by atomic mass is 10.1. The highest BCUT2D eigenvalue weighted by atomic mass is 16.1. The van der Waals surface area contributed by atoms with Crippen molar-refractivity contribution in [2.45, 2.75) is 13.0 Å². The molecule has 0 spiro atoms. The molecule has 0 aliphatic rings. The van der Waals surface area contributed by atoms with Crippen molar-refractivity contribution in [1.29, 1.82) is 0 Å². The van der Waals surface area contributed by atoms with Gasteiger partial charge in [0.1, 0.15) is 0 Å². The standard InChI is InChI=1S/C11H15N3O2/c12-10(15)5-6-14-7-8-3-1-2-4-9(8)11(13)16/h1-4,14H,5-7H2,(H2,12,15)(H2,13,16). The van der Waals surface area contributed by atoms with E-state index in [1.165, 1.54) is 0 Å². The van der Waals surface area contributed by atoms with Crippen LogP contribution in [0.1, 0.15) is 22.3 Å². The van der Waals surface area contributed by atoms with E-state index >= 15 is 0 Å². The van der Waals surface area contributed by atoms with E-state index in [1.807, 2.05) is 12.1 Å². The highest BCUT2D eigenvalue weighted by molar-refractivity contribution is 5.94. The first-order valence-electron chi connectivity index (χ1n) is 4.98. The second kappa shape index (κ2) is 5.87. The summed E-state index contributed by atoms with van der Waals surface area (Å²) in [4.78, 5) is 21.6. The summed E-state index contributed by atoms with van der Waals surface area (Å²) in [6.07, 6.45) is 0.277. The number of carbonyl (C=O) groups is 2. The average molecular weight is 221 g/mol. The lowest BCUT2D eigenvalue weighted by Crippen LogP contribution is -2.23. The molecule has 0 saturated carbocycles. The molecule has 0 saturated heterocycles. The molecule has 0 radical (unpaired) electrons. The van der Waals surface area contributed by atoms with Gasteiger partial charge in [-0.3, -0.25) is 9.59 Å². The highest BCUT2D eigenvalue weighted by Crippen LogP contribution is 2.07. The summed E-state index contributed by atoms with van der Waals surface area (Å²) >= 11 is 0. The van der Waals surface area contributed by atoms with Crippen molar-refractivity contribution in [3.63, 3.8) is 0 Å². The van der Waals surface area contributed by atoms with E-state index in [4.69, 9.17) is 11.5 Å². The van der Waals surface area contributed by atoms with Gasteiger partial charge in [0.25, 0.3) is 0 Å². The lowest BCUT2D eigenvalue weighted by molar-refractivity contribution is -0.117. The van der Waals surface area contributed by atoms with Crippen LogP contribution >= 0.6 is 0 Å². The molecule has 1 aromatic rings. The Balaban J connectivity index is 2.53. The fraction of sp³-hybridized carbons (Fsp3) is 0.273. The smallest absolute Gasteiger partial charge is 0.249 e. The van der Waals surface area contributed by atoms with Gasteiger partial charge in [0, 0.05) is 25.1 Å². The maximum absolute atomic E-state index is 11.1. The molecule has 0 fully saturated rings. The van der Waals surface area contributed by atoms with Gasteiger partial charge in [0.05, 0.1) is 0 Å². The lowest BCUT2D eigenvalue weighted by Gasteiger charge is -2.07. The van der Waals surface area contributed by atoms with Crippen molar-refractivity contribution in [1.82, 2.24) is 5.32 Å². The Kier molecular flexibility index (Phi) is 4.47. The molecule has 0 aromatic heterocycles. The van der Waals surface area contributed by atoms with Crippen LogP contribution in [0.25, 0.3) is 0 Å². The molecule has 0 aliphatic carbocycles. The molecule has 0 bridgehead atoms. The zero-order valence-electron chi connectivity index (χ0n) is 8.90. The minimum Gasteiger partial charge on any atom is -0.370 e. The van der Waals surface area contributed by atoms with Crippen LogP contribution < -0.4 is 16.8 Å². The van der Waals surface area contributed by atoms with Crippen LogP contribution in [0, 0.1) is 0 Å². The predicted octanol–water partition coefficient (Wildman–Crippen LogP) is -0.250. The summed E-state index contributed by atoms with van der Waals surface area (Å²) in [7, 11) is 0. The molecule has 5 N–H and O–H groups in total. The summed E-state index contributed by atoms with van der Waals surface area (Å²) < 4.78 is 0. The number of benzene rings is 1. The second-order valence-corrected chi connectivity index (χ2v) is 3.41. The number of nitrogens with one attached hydrogen (secondary N) is 1. The molecule has 0 unspecified atom stereocenters. The molecule has 86 valence electrons. The van der Waals surface area contributed by atoms with E-state index in [9.17, 15) is 9.59 Å². The van der Waals surface area contributed by atoms with Crippen LogP contribution in [0.2, 0.25) is 0 Å². The summed E-state index contributed by atoms with van der Waals surface area (Å²) in [6.45, 7) is 0.981. The van der Waals surface area contributed by atoms with Crippen LogP contribution in [0.15, 0.2) is 24.3 Å². The summed E-state index contributed by atoms with van der Waals surface area (Å²) in [5.74, 6) is -0.803. The topological polar surface area (TPSA) is 98.2 Å². The van der Waals surface area contributed by atoms with Crippen LogP contribution in [0.4, 0.5) is 0 Å². The Hall–Kier alpha value is -1.88. The Morgan fingerprint density at radius 2 is 1.88 bits per heavy atom. The molecule has 0 atom stereocenters. The van der Waals surface area contributed by atoms with Crippen molar-refractivity contribution >= 4 is 11.8 Å². The minimum absolute atomic E-state index is 0.277. The van der Waals surface area contributed by atoms with Gasteiger partial charge in [0.2, 0.25) is 11.8 Å². The largest absolute Gasteiger partial charge is 0.370 e. The molecule has 5 heteroatoms. The number of hydrogen-bond acceptors (Lipinski definition) is 3. The van der Waals surface area contributed by atoms with E-state index in [0.717, 1.165) is 5.56 Å². The zero-order valence-corrected chi connectivity index (χ0v) is 8.90. The third-order valence-electron chi connectivity index (χ3n) is 2.15. The van der Waals surface area contributed by atoms with Gasteiger partial charge in [-0.15, -0.1) is 0 Å². The average Bonchev–Trinajstić information content (AvgIpc) is 2.24. The molecule has 0 heterocycles. The fourth-order valence-corrected chi connectivity index (χ4v) is 1.35. The van der Waals surface area contributed by atoms with E-state index in [1.54, 1.807) is 12.1 Å². The van der Waals surface area contributed by atoms with E-state index in [-0.39, 0.29) is 12.3 Å². The highest BCUT2D eigenvalue weighted by Gasteiger charge is 2.06. The second-order valence-electron chi connectivity index (χ2n) is 3.41. The van der Waals surface area contributed by atoms with Crippen molar-refractivity contribution in [2.75, 3.05) is 6.54 Å². The first-order valence-corrected chi connectivity index (χ1v) is 4.98.